The highest BCUT2D eigenvalue weighted by Gasteiger charge is 2.32. The van der Waals surface area contributed by atoms with Crippen LogP contribution in [-0.4, -0.2) is 20.5 Å². The number of aromatic nitrogens is 1. The Morgan fingerprint density at radius 2 is 1.89 bits per heavy atom. The Hall–Kier alpha value is -3.21. The highest BCUT2D eigenvalue weighted by atomic mass is 35.5. The summed E-state index contributed by atoms with van der Waals surface area (Å²) in [6.45, 7) is 3.31. The Labute approximate surface area is 223 Å². The molecule has 0 amide bonds. The third-order valence-corrected chi connectivity index (χ3v) is 8.74. The summed E-state index contributed by atoms with van der Waals surface area (Å²) in [5.41, 5.74) is 1.73. The summed E-state index contributed by atoms with van der Waals surface area (Å²) in [5, 5.41) is 1.27. The average molecular weight is 565 g/mol. The molecule has 0 aliphatic heterocycles. The van der Waals surface area contributed by atoms with E-state index in [1.54, 1.807) is 42.6 Å². The van der Waals surface area contributed by atoms with Gasteiger partial charge in [-0.1, -0.05) is 35.9 Å². The molecule has 0 unspecified atom stereocenters. The summed E-state index contributed by atoms with van der Waals surface area (Å²) < 4.78 is 69.0. The molecule has 4 aromatic rings. The van der Waals surface area contributed by atoms with Crippen LogP contribution in [0, 0.1) is 18.6 Å². The molecular formula is C26H23ClF2N2O4S2. The molecule has 1 heterocycles. The van der Waals surface area contributed by atoms with Gasteiger partial charge in [0.05, 0.1) is 13.7 Å². The quantitative estimate of drug-likeness (QED) is 0.220. The first kappa shape index (κ1) is 26.8. The van der Waals surface area contributed by atoms with E-state index < -0.39 is 37.7 Å². The van der Waals surface area contributed by atoms with Crippen LogP contribution in [0.2, 0.25) is 5.02 Å². The van der Waals surface area contributed by atoms with Gasteiger partial charge in [-0.3, -0.25) is 0 Å². The van der Waals surface area contributed by atoms with Crippen molar-refractivity contribution in [2.24, 2.45) is 0 Å². The minimum atomic E-state index is -4.44. The fourth-order valence-electron chi connectivity index (χ4n) is 3.70. The summed E-state index contributed by atoms with van der Waals surface area (Å²) in [5.74, 6) is -1.14. The van der Waals surface area contributed by atoms with Crippen LogP contribution in [-0.2, 0) is 16.6 Å². The zero-order chi connectivity index (χ0) is 26.7. The first-order chi connectivity index (χ1) is 17.6. The van der Waals surface area contributed by atoms with Crippen molar-refractivity contribution in [3.63, 3.8) is 0 Å². The topological polar surface area (TPSA) is 68.7 Å². The lowest BCUT2D eigenvalue weighted by atomic mass is 10.1. The molecule has 0 fully saturated rings. The van der Waals surface area contributed by atoms with Crippen LogP contribution in [0.4, 0.5) is 13.9 Å². The van der Waals surface area contributed by atoms with E-state index in [0.717, 1.165) is 27.3 Å². The Bertz CT molecular complexity index is 1520. The molecule has 6 nitrogen and oxygen atoms in total. The van der Waals surface area contributed by atoms with E-state index in [1.165, 1.54) is 31.5 Å². The number of ether oxygens (including phenoxy) is 2. The van der Waals surface area contributed by atoms with Crippen molar-refractivity contribution in [2.45, 2.75) is 31.4 Å². The molecule has 3 aromatic carbocycles. The lowest BCUT2D eigenvalue weighted by Crippen LogP contribution is -2.31. The molecule has 1 aromatic heterocycles. The lowest BCUT2D eigenvalue weighted by molar-refractivity contribution is 0.220. The number of aryl methyl sites for hydroxylation is 1. The van der Waals surface area contributed by atoms with Gasteiger partial charge in [0.15, 0.2) is 10.9 Å². The number of anilines is 1. The van der Waals surface area contributed by atoms with Gasteiger partial charge in [0.2, 0.25) is 0 Å². The fourth-order valence-corrected chi connectivity index (χ4v) is 6.31. The number of hydrogen-bond donors (Lipinski definition) is 0. The van der Waals surface area contributed by atoms with E-state index in [-0.39, 0.29) is 23.0 Å². The summed E-state index contributed by atoms with van der Waals surface area (Å²) in [6, 6.07) is 13.6. The van der Waals surface area contributed by atoms with Gasteiger partial charge in [-0.15, -0.1) is 11.3 Å². The van der Waals surface area contributed by atoms with Gasteiger partial charge in [-0.2, -0.15) is 0 Å². The van der Waals surface area contributed by atoms with Gasteiger partial charge in [-0.05, 0) is 55.3 Å². The zero-order valence-corrected chi connectivity index (χ0v) is 22.5. The van der Waals surface area contributed by atoms with E-state index in [9.17, 15) is 12.8 Å². The maximum absolute atomic E-state index is 15.5. The van der Waals surface area contributed by atoms with Crippen LogP contribution >= 0.6 is 22.9 Å². The molecule has 0 saturated heterocycles. The molecule has 0 saturated carbocycles. The van der Waals surface area contributed by atoms with Gasteiger partial charge in [0.1, 0.15) is 33.3 Å². The van der Waals surface area contributed by atoms with Crippen LogP contribution in [0.3, 0.4) is 0 Å². The normalized spacial score (nSPS) is 12.3. The number of halogens is 3. The Morgan fingerprint density at radius 3 is 2.54 bits per heavy atom. The van der Waals surface area contributed by atoms with E-state index in [4.69, 9.17) is 21.1 Å². The maximum Gasteiger partial charge on any atom is 0.269 e. The molecule has 37 heavy (non-hydrogen) atoms. The van der Waals surface area contributed by atoms with Crippen molar-refractivity contribution in [3.8, 4) is 11.5 Å². The third-order valence-electron chi connectivity index (χ3n) is 5.72. The lowest BCUT2D eigenvalue weighted by Gasteiger charge is -2.24. The predicted octanol–water partition coefficient (Wildman–Crippen LogP) is 6.93. The van der Waals surface area contributed by atoms with Gasteiger partial charge in [-0.25, -0.2) is 26.5 Å². The average Bonchev–Trinajstić information content (AvgIpc) is 3.40. The predicted molar refractivity (Wildman–Crippen MR) is 140 cm³/mol. The van der Waals surface area contributed by atoms with Gasteiger partial charge >= 0.3 is 0 Å². The molecule has 0 spiro atoms. The number of sulfonamides is 1. The fraction of sp³-hybridized carbons (Fsp3) is 0.192. The standard InChI is InChI=1S/C26H23ClF2N2O4S2/c1-16-14-19(34-3)9-8-18(16)15-31(26-30-12-13-36-26)37(32,33)23-11-10-22(24(27)25(23)29)35-17(2)20-6-4-5-7-21(20)28/h4-14,17H,15H2,1-3H3/t17-/m0/s1. The zero-order valence-electron chi connectivity index (χ0n) is 20.1. The monoisotopic (exact) mass is 564 g/mol. The van der Waals surface area contributed by atoms with Crippen molar-refractivity contribution in [3.05, 3.63) is 99.5 Å². The van der Waals surface area contributed by atoms with E-state index in [0.29, 0.717) is 11.3 Å². The Kier molecular flexibility index (Phi) is 8.01. The Balaban J connectivity index is 1.69. The maximum atomic E-state index is 15.5. The van der Waals surface area contributed by atoms with Crippen LogP contribution < -0.4 is 13.8 Å². The largest absolute Gasteiger partial charge is 0.497 e. The molecule has 4 rings (SSSR count). The first-order valence-corrected chi connectivity index (χ1v) is 13.8. The number of rotatable bonds is 9. The van der Waals surface area contributed by atoms with Gasteiger partial charge in [0, 0.05) is 17.1 Å². The van der Waals surface area contributed by atoms with Crippen molar-refractivity contribution in [1.29, 1.82) is 0 Å². The van der Waals surface area contributed by atoms with Crippen LogP contribution in [0.25, 0.3) is 0 Å². The van der Waals surface area contributed by atoms with Gasteiger partial charge < -0.3 is 9.47 Å². The molecule has 0 N–H and O–H groups in total. The van der Waals surface area contributed by atoms with Crippen molar-refractivity contribution < 1.29 is 26.7 Å². The highest BCUT2D eigenvalue weighted by molar-refractivity contribution is 7.93. The van der Waals surface area contributed by atoms with Crippen molar-refractivity contribution in [2.75, 3.05) is 11.4 Å². The summed E-state index contributed by atoms with van der Waals surface area (Å²) in [4.78, 5) is 3.51. The minimum absolute atomic E-state index is 0.0920. The second-order valence-corrected chi connectivity index (χ2v) is 11.2. The van der Waals surface area contributed by atoms with Gasteiger partial charge in [0.25, 0.3) is 10.0 Å². The number of nitrogens with zero attached hydrogens (tertiary/aromatic N) is 2. The molecular weight excluding hydrogens is 542 g/mol. The molecule has 0 aliphatic carbocycles. The summed E-state index contributed by atoms with van der Waals surface area (Å²) >= 11 is 7.32. The molecule has 0 aliphatic rings. The molecule has 0 bridgehead atoms. The van der Waals surface area contributed by atoms with Crippen LogP contribution in [0.1, 0.15) is 29.7 Å². The SMILES string of the molecule is COc1ccc(CN(c2nccs2)S(=O)(=O)c2ccc(O[C@@H](C)c3ccccc3F)c(Cl)c2F)c(C)c1. The number of hydrogen-bond acceptors (Lipinski definition) is 6. The minimum Gasteiger partial charge on any atom is -0.497 e. The van der Waals surface area contributed by atoms with E-state index in [1.807, 2.05) is 6.92 Å². The smallest absolute Gasteiger partial charge is 0.269 e. The first-order valence-electron chi connectivity index (χ1n) is 11.1. The second kappa shape index (κ2) is 11.0. The van der Waals surface area contributed by atoms with Crippen molar-refractivity contribution in [1.82, 2.24) is 4.98 Å². The molecule has 11 heteroatoms. The number of thiazole rings is 1. The summed E-state index contributed by atoms with van der Waals surface area (Å²) in [7, 11) is -2.90. The number of methoxy groups -OCH3 is 1. The molecule has 0 radical (unpaired) electrons. The van der Waals surface area contributed by atoms with Crippen LogP contribution in [0.5, 0.6) is 11.5 Å². The second-order valence-electron chi connectivity index (χ2n) is 8.09. The van der Waals surface area contributed by atoms with E-state index in [2.05, 4.69) is 4.98 Å². The van der Waals surface area contributed by atoms with E-state index >= 15 is 4.39 Å². The van der Waals surface area contributed by atoms with Crippen LogP contribution in [0.15, 0.2) is 71.1 Å². The molecule has 194 valence electrons. The molecule has 1 atom stereocenters. The van der Waals surface area contributed by atoms with Crippen molar-refractivity contribution >= 4 is 38.1 Å². The third kappa shape index (κ3) is 5.56. The number of benzene rings is 3. The Morgan fingerprint density at radius 1 is 1.14 bits per heavy atom. The summed E-state index contributed by atoms with van der Waals surface area (Å²) in [6.07, 6.45) is 0.666. The highest BCUT2D eigenvalue weighted by Crippen LogP contribution is 2.37.